The number of carbonyl (C=O) groups excluding carboxylic acids is 3. The highest BCUT2D eigenvalue weighted by atomic mass is 16.4. The summed E-state index contributed by atoms with van der Waals surface area (Å²) in [6, 6.07) is -4.78. The van der Waals surface area contributed by atoms with Crippen molar-refractivity contribution >= 4 is 29.7 Å². The fourth-order valence-corrected chi connectivity index (χ4v) is 3.09. The number of hydrogen-bond donors (Lipinski definition) is 8. The fourth-order valence-electron chi connectivity index (χ4n) is 3.09. The number of guanidine groups is 1. The minimum absolute atomic E-state index is 0.0217. The van der Waals surface area contributed by atoms with E-state index in [1.54, 1.807) is 0 Å². The summed E-state index contributed by atoms with van der Waals surface area (Å²) in [6.07, 6.45) is 1.14. The number of hydrogen-bond acceptors (Lipinski definition) is 8. The largest absolute Gasteiger partial charge is 0.480 e. The second kappa shape index (κ2) is 12.7. The van der Waals surface area contributed by atoms with Crippen LogP contribution in [0.15, 0.2) is 4.99 Å². The van der Waals surface area contributed by atoms with Crippen LogP contribution < -0.4 is 27.8 Å². The number of aliphatic hydroxyl groups excluding tert-OH is 2. The minimum atomic E-state index is -1.42. The molecule has 1 aliphatic rings. The number of likely N-dealkylation sites (tertiary alicyclic amines) is 1. The molecule has 0 aromatic carbocycles. The summed E-state index contributed by atoms with van der Waals surface area (Å²) in [7, 11) is 0. The lowest BCUT2D eigenvalue weighted by Crippen LogP contribution is -2.57. The number of carboxylic acids is 1. The molecular weight excluding hydrogens is 414 g/mol. The molecule has 0 aromatic heterocycles. The third-order valence-electron chi connectivity index (χ3n) is 4.73. The van der Waals surface area contributed by atoms with Gasteiger partial charge in [-0.2, -0.15) is 0 Å². The molecule has 11 N–H and O–H groups in total. The second-order valence-electron chi connectivity index (χ2n) is 7.07. The minimum Gasteiger partial charge on any atom is -0.480 e. The van der Waals surface area contributed by atoms with Gasteiger partial charge in [0.2, 0.25) is 17.7 Å². The first-order valence-electron chi connectivity index (χ1n) is 9.79. The summed E-state index contributed by atoms with van der Waals surface area (Å²) in [4.78, 5) is 53.5. The molecule has 14 nitrogen and oxygen atoms in total. The molecule has 1 rings (SSSR count). The summed E-state index contributed by atoms with van der Waals surface area (Å²) in [6.45, 7) is -0.930. The zero-order chi connectivity index (χ0) is 23.6. The van der Waals surface area contributed by atoms with Gasteiger partial charge in [0.15, 0.2) is 5.96 Å². The smallest absolute Gasteiger partial charge is 0.326 e. The van der Waals surface area contributed by atoms with Crippen LogP contribution in [0.1, 0.15) is 25.7 Å². The fraction of sp³-hybridized carbons (Fsp3) is 0.706. The monoisotopic (exact) mass is 445 g/mol. The summed E-state index contributed by atoms with van der Waals surface area (Å²) >= 11 is 0. The van der Waals surface area contributed by atoms with Gasteiger partial charge in [-0.1, -0.05) is 0 Å². The van der Waals surface area contributed by atoms with Crippen molar-refractivity contribution in [1.29, 1.82) is 0 Å². The normalized spacial score (nSPS) is 18.5. The maximum atomic E-state index is 12.6. The molecule has 1 heterocycles. The number of nitrogens with one attached hydrogen (secondary N) is 2. The lowest BCUT2D eigenvalue weighted by Gasteiger charge is -2.27. The van der Waals surface area contributed by atoms with Crippen molar-refractivity contribution in [3.63, 3.8) is 0 Å². The van der Waals surface area contributed by atoms with Gasteiger partial charge in [-0.3, -0.25) is 19.4 Å². The van der Waals surface area contributed by atoms with Gasteiger partial charge in [-0.05, 0) is 25.7 Å². The Morgan fingerprint density at radius 1 is 1.10 bits per heavy atom. The number of nitrogens with zero attached hydrogens (tertiary/aromatic N) is 2. The SMILES string of the molecule is NC(N)=NCCCC(NC(=O)C(CO)NC(=O)C1CCCN1C(=O)C(N)CO)C(=O)O. The molecule has 0 spiro atoms. The molecule has 1 fully saturated rings. The Morgan fingerprint density at radius 3 is 2.32 bits per heavy atom. The number of aliphatic hydroxyl groups is 2. The molecule has 4 unspecified atom stereocenters. The van der Waals surface area contributed by atoms with E-state index in [4.69, 9.17) is 22.3 Å². The number of amides is 3. The lowest BCUT2D eigenvalue weighted by molar-refractivity contribution is -0.143. The number of rotatable bonds is 12. The average Bonchev–Trinajstić information content (AvgIpc) is 3.22. The number of aliphatic imine (C=N–C) groups is 1. The van der Waals surface area contributed by atoms with Gasteiger partial charge in [0.25, 0.3) is 0 Å². The van der Waals surface area contributed by atoms with Crippen molar-refractivity contribution in [3.8, 4) is 0 Å². The standard InChI is InChI=1S/C17H31N7O7/c18-9(7-25)15(29)24-6-2-4-12(24)14(28)23-11(8-26)13(27)22-10(16(30)31)3-1-5-21-17(19)20/h9-12,25-26H,1-8,18H2,(H,22,27)(H,23,28)(H,30,31)(H4,19,20,21). The molecule has 176 valence electrons. The summed E-state index contributed by atoms with van der Waals surface area (Å²) in [5.74, 6) is -3.63. The van der Waals surface area contributed by atoms with Gasteiger partial charge in [0.1, 0.15) is 24.2 Å². The van der Waals surface area contributed by atoms with Crippen LogP contribution in [0.4, 0.5) is 0 Å². The predicted octanol–water partition coefficient (Wildman–Crippen LogP) is -4.60. The van der Waals surface area contributed by atoms with E-state index >= 15 is 0 Å². The van der Waals surface area contributed by atoms with Gasteiger partial charge in [-0.25, -0.2) is 4.79 Å². The van der Waals surface area contributed by atoms with Gasteiger partial charge in [0.05, 0.1) is 13.2 Å². The van der Waals surface area contributed by atoms with E-state index in [-0.39, 0.29) is 31.9 Å². The zero-order valence-corrected chi connectivity index (χ0v) is 17.1. The highest BCUT2D eigenvalue weighted by Gasteiger charge is 2.37. The first-order chi connectivity index (χ1) is 14.6. The third-order valence-corrected chi connectivity index (χ3v) is 4.73. The van der Waals surface area contributed by atoms with E-state index in [1.165, 1.54) is 4.90 Å². The van der Waals surface area contributed by atoms with E-state index in [2.05, 4.69) is 15.6 Å². The Morgan fingerprint density at radius 2 is 1.77 bits per heavy atom. The quantitative estimate of drug-likeness (QED) is 0.0810. The molecule has 0 aliphatic carbocycles. The molecule has 0 radical (unpaired) electrons. The number of carboxylic acid groups (broad SMARTS) is 1. The van der Waals surface area contributed by atoms with Crippen molar-refractivity contribution in [1.82, 2.24) is 15.5 Å². The molecule has 1 saturated heterocycles. The van der Waals surface area contributed by atoms with Crippen LogP contribution in [0.5, 0.6) is 0 Å². The first-order valence-corrected chi connectivity index (χ1v) is 9.79. The van der Waals surface area contributed by atoms with Crippen LogP contribution in [0.3, 0.4) is 0 Å². The molecular formula is C17H31N7O7. The van der Waals surface area contributed by atoms with E-state index in [0.29, 0.717) is 12.8 Å². The van der Waals surface area contributed by atoms with Crippen LogP contribution >= 0.6 is 0 Å². The molecule has 4 atom stereocenters. The van der Waals surface area contributed by atoms with E-state index in [9.17, 15) is 29.4 Å². The lowest BCUT2D eigenvalue weighted by atomic mass is 10.1. The molecule has 31 heavy (non-hydrogen) atoms. The first kappa shape index (κ1) is 26.1. The van der Waals surface area contributed by atoms with Gasteiger partial charge >= 0.3 is 5.97 Å². The maximum absolute atomic E-state index is 12.6. The Labute approximate surface area is 178 Å². The Kier molecular flexibility index (Phi) is 10.6. The number of nitrogens with two attached hydrogens (primary N) is 3. The Bertz CT molecular complexity index is 684. The average molecular weight is 445 g/mol. The Hall–Kier alpha value is -2.97. The van der Waals surface area contributed by atoms with Gasteiger partial charge < -0.3 is 48.1 Å². The van der Waals surface area contributed by atoms with Crippen LogP contribution in [0, 0.1) is 0 Å². The summed E-state index contributed by atoms with van der Waals surface area (Å²) < 4.78 is 0. The summed E-state index contributed by atoms with van der Waals surface area (Å²) in [5.41, 5.74) is 15.9. The van der Waals surface area contributed by atoms with E-state index < -0.39 is 61.1 Å². The zero-order valence-electron chi connectivity index (χ0n) is 17.1. The van der Waals surface area contributed by atoms with Crippen molar-refractivity contribution in [2.45, 2.75) is 49.9 Å². The van der Waals surface area contributed by atoms with Crippen molar-refractivity contribution in [3.05, 3.63) is 0 Å². The predicted molar refractivity (Wildman–Crippen MR) is 108 cm³/mol. The molecule has 0 saturated carbocycles. The van der Waals surface area contributed by atoms with Crippen LogP contribution in [-0.4, -0.2) is 100 Å². The van der Waals surface area contributed by atoms with Crippen molar-refractivity contribution in [2.24, 2.45) is 22.2 Å². The highest BCUT2D eigenvalue weighted by molar-refractivity contribution is 5.94. The van der Waals surface area contributed by atoms with Crippen LogP contribution in [-0.2, 0) is 19.2 Å². The molecule has 0 aromatic rings. The van der Waals surface area contributed by atoms with Crippen molar-refractivity contribution in [2.75, 3.05) is 26.3 Å². The maximum Gasteiger partial charge on any atom is 0.326 e. The van der Waals surface area contributed by atoms with Crippen molar-refractivity contribution < 1.29 is 34.5 Å². The van der Waals surface area contributed by atoms with E-state index in [0.717, 1.165) is 0 Å². The molecule has 3 amide bonds. The molecule has 14 heteroatoms. The molecule has 0 bridgehead atoms. The molecule has 1 aliphatic heterocycles. The third kappa shape index (κ3) is 7.99. The Balaban J connectivity index is 2.71. The van der Waals surface area contributed by atoms with Crippen LogP contribution in [0.2, 0.25) is 0 Å². The number of aliphatic carboxylic acids is 1. The summed E-state index contributed by atoms with van der Waals surface area (Å²) in [5, 5.41) is 32.4. The van der Waals surface area contributed by atoms with Gasteiger partial charge in [0, 0.05) is 13.1 Å². The van der Waals surface area contributed by atoms with E-state index in [1.807, 2.05) is 0 Å². The topological polar surface area (TPSA) is 247 Å². The second-order valence-corrected chi connectivity index (χ2v) is 7.07. The van der Waals surface area contributed by atoms with Gasteiger partial charge in [-0.15, -0.1) is 0 Å². The van der Waals surface area contributed by atoms with Crippen LogP contribution in [0.25, 0.3) is 0 Å². The number of carbonyl (C=O) groups is 4. The highest BCUT2D eigenvalue weighted by Crippen LogP contribution is 2.18.